The van der Waals surface area contributed by atoms with Crippen molar-refractivity contribution >= 4 is 33.2 Å². The first-order chi connectivity index (χ1) is 10.2. The van der Waals surface area contributed by atoms with Crippen molar-refractivity contribution in [3.05, 3.63) is 75.2 Å². The molecule has 0 unspecified atom stereocenters. The minimum Gasteiger partial charge on any atom is -0.376 e. The SMILES string of the molecule is Clc1cccc2c1N[C@H](c1ccc(Br)cc1)[C@@H]1CC=C[C@H]21. The summed E-state index contributed by atoms with van der Waals surface area (Å²) in [7, 11) is 0. The fourth-order valence-corrected chi connectivity index (χ4v) is 4.08. The average molecular weight is 361 g/mol. The summed E-state index contributed by atoms with van der Waals surface area (Å²) in [6, 6.07) is 15.1. The summed E-state index contributed by atoms with van der Waals surface area (Å²) in [4.78, 5) is 0. The molecule has 0 aromatic heterocycles. The van der Waals surface area contributed by atoms with Gasteiger partial charge in [-0.1, -0.05) is 63.9 Å². The quantitative estimate of drug-likeness (QED) is 0.622. The van der Waals surface area contributed by atoms with Gasteiger partial charge >= 0.3 is 0 Å². The lowest BCUT2D eigenvalue weighted by molar-refractivity contribution is 0.425. The van der Waals surface area contributed by atoms with Gasteiger partial charge in [0.05, 0.1) is 16.8 Å². The normalized spacial score (nSPS) is 26.1. The Morgan fingerprint density at radius 2 is 1.90 bits per heavy atom. The number of fused-ring (bicyclic) bond motifs is 3. The first kappa shape index (κ1) is 13.4. The van der Waals surface area contributed by atoms with E-state index in [1.807, 2.05) is 12.1 Å². The number of halogens is 2. The van der Waals surface area contributed by atoms with Crippen molar-refractivity contribution < 1.29 is 0 Å². The van der Waals surface area contributed by atoms with E-state index in [9.17, 15) is 0 Å². The highest BCUT2D eigenvalue weighted by atomic mass is 79.9. The van der Waals surface area contributed by atoms with Crippen LogP contribution in [0.1, 0.15) is 29.5 Å². The molecule has 0 amide bonds. The zero-order valence-corrected chi connectivity index (χ0v) is 13.7. The molecule has 106 valence electrons. The first-order valence-electron chi connectivity index (χ1n) is 7.21. The van der Waals surface area contributed by atoms with Gasteiger partial charge < -0.3 is 5.32 Å². The van der Waals surface area contributed by atoms with Crippen LogP contribution in [0.15, 0.2) is 59.1 Å². The van der Waals surface area contributed by atoms with Crippen LogP contribution in [0.25, 0.3) is 0 Å². The molecular formula is C18H15BrClN. The average Bonchev–Trinajstić information content (AvgIpc) is 2.98. The second kappa shape index (κ2) is 5.19. The highest BCUT2D eigenvalue weighted by molar-refractivity contribution is 9.10. The van der Waals surface area contributed by atoms with E-state index in [1.165, 1.54) is 11.1 Å². The van der Waals surface area contributed by atoms with Crippen molar-refractivity contribution in [3.63, 3.8) is 0 Å². The number of benzene rings is 2. The number of hydrogen-bond acceptors (Lipinski definition) is 1. The molecule has 0 bridgehead atoms. The molecule has 0 saturated heterocycles. The van der Waals surface area contributed by atoms with E-state index in [1.54, 1.807) is 0 Å². The molecule has 2 aromatic rings. The number of nitrogens with one attached hydrogen (secondary N) is 1. The van der Waals surface area contributed by atoms with Crippen LogP contribution in [-0.2, 0) is 0 Å². The minimum atomic E-state index is 0.311. The van der Waals surface area contributed by atoms with Crippen LogP contribution in [0.5, 0.6) is 0 Å². The molecule has 1 aliphatic heterocycles. The van der Waals surface area contributed by atoms with Crippen molar-refractivity contribution in [2.24, 2.45) is 5.92 Å². The number of anilines is 1. The summed E-state index contributed by atoms with van der Waals surface area (Å²) >= 11 is 9.93. The van der Waals surface area contributed by atoms with E-state index < -0.39 is 0 Å². The Kier molecular flexibility index (Phi) is 3.31. The van der Waals surface area contributed by atoms with Crippen molar-refractivity contribution in [1.82, 2.24) is 0 Å². The zero-order valence-electron chi connectivity index (χ0n) is 11.4. The molecule has 0 radical (unpaired) electrons. The van der Waals surface area contributed by atoms with Gasteiger partial charge in [-0.15, -0.1) is 0 Å². The van der Waals surface area contributed by atoms with Crippen molar-refractivity contribution in [1.29, 1.82) is 0 Å². The molecule has 0 saturated carbocycles. The van der Waals surface area contributed by atoms with E-state index in [2.05, 4.69) is 63.7 Å². The van der Waals surface area contributed by atoms with Crippen molar-refractivity contribution in [3.8, 4) is 0 Å². The molecule has 0 spiro atoms. The maximum Gasteiger partial charge on any atom is 0.0640 e. The second-order valence-electron chi connectivity index (χ2n) is 5.73. The largest absolute Gasteiger partial charge is 0.376 e. The first-order valence-corrected chi connectivity index (χ1v) is 8.38. The predicted molar refractivity (Wildman–Crippen MR) is 91.9 cm³/mol. The van der Waals surface area contributed by atoms with Crippen LogP contribution >= 0.6 is 27.5 Å². The van der Waals surface area contributed by atoms with Crippen LogP contribution in [0, 0.1) is 5.92 Å². The molecule has 1 nitrogen and oxygen atoms in total. The Morgan fingerprint density at radius 3 is 2.71 bits per heavy atom. The van der Waals surface area contributed by atoms with Crippen molar-refractivity contribution in [2.45, 2.75) is 18.4 Å². The third-order valence-electron chi connectivity index (χ3n) is 4.58. The minimum absolute atomic E-state index is 0.311. The van der Waals surface area contributed by atoms with Gasteiger partial charge in [-0.2, -0.15) is 0 Å². The Morgan fingerprint density at radius 1 is 1.10 bits per heavy atom. The molecule has 0 fully saturated rings. The van der Waals surface area contributed by atoms with Gasteiger partial charge in [-0.3, -0.25) is 0 Å². The van der Waals surface area contributed by atoms with Gasteiger partial charge in [0, 0.05) is 10.4 Å². The van der Waals surface area contributed by atoms with Gasteiger partial charge in [0.15, 0.2) is 0 Å². The van der Waals surface area contributed by atoms with Crippen LogP contribution in [-0.4, -0.2) is 0 Å². The molecule has 1 N–H and O–H groups in total. The van der Waals surface area contributed by atoms with Gasteiger partial charge in [0.1, 0.15) is 0 Å². The third kappa shape index (κ3) is 2.21. The highest BCUT2D eigenvalue weighted by Crippen LogP contribution is 2.51. The summed E-state index contributed by atoms with van der Waals surface area (Å²) < 4.78 is 1.11. The maximum atomic E-state index is 6.42. The van der Waals surface area contributed by atoms with Gasteiger partial charge in [0.25, 0.3) is 0 Å². The summed E-state index contributed by atoms with van der Waals surface area (Å²) in [5.74, 6) is 1.03. The van der Waals surface area contributed by atoms with E-state index in [0.717, 1.165) is 21.6 Å². The van der Waals surface area contributed by atoms with E-state index in [0.29, 0.717) is 17.9 Å². The number of para-hydroxylation sites is 1. The Bertz CT molecular complexity index is 708. The fourth-order valence-electron chi connectivity index (χ4n) is 3.58. The summed E-state index contributed by atoms with van der Waals surface area (Å²) in [6.45, 7) is 0. The lowest BCUT2D eigenvalue weighted by atomic mass is 9.77. The molecular weight excluding hydrogens is 346 g/mol. The molecule has 2 aliphatic rings. The van der Waals surface area contributed by atoms with Crippen LogP contribution in [0.2, 0.25) is 5.02 Å². The van der Waals surface area contributed by atoms with Gasteiger partial charge in [0.2, 0.25) is 0 Å². The molecule has 3 heteroatoms. The summed E-state index contributed by atoms with van der Waals surface area (Å²) in [5.41, 5.74) is 3.75. The Balaban J connectivity index is 1.81. The van der Waals surface area contributed by atoms with E-state index in [-0.39, 0.29) is 0 Å². The van der Waals surface area contributed by atoms with Crippen LogP contribution in [0.4, 0.5) is 5.69 Å². The Hall–Kier alpha value is -1.25. The predicted octanol–water partition coefficient (Wildman–Crippen LogP) is 5.93. The van der Waals surface area contributed by atoms with Crippen LogP contribution < -0.4 is 5.32 Å². The summed E-state index contributed by atoms with van der Waals surface area (Å²) in [6.07, 6.45) is 5.76. The second-order valence-corrected chi connectivity index (χ2v) is 7.05. The highest BCUT2D eigenvalue weighted by Gasteiger charge is 2.38. The number of rotatable bonds is 1. The maximum absolute atomic E-state index is 6.42. The summed E-state index contributed by atoms with van der Waals surface area (Å²) in [5, 5.41) is 4.50. The van der Waals surface area contributed by atoms with Crippen LogP contribution in [0.3, 0.4) is 0 Å². The lowest BCUT2D eigenvalue weighted by Gasteiger charge is -2.38. The number of allylic oxidation sites excluding steroid dienone is 2. The smallest absolute Gasteiger partial charge is 0.0640 e. The molecule has 3 atom stereocenters. The molecule has 1 aliphatic carbocycles. The zero-order chi connectivity index (χ0) is 14.4. The lowest BCUT2D eigenvalue weighted by Crippen LogP contribution is -2.29. The molecule has 1 heterocycles. The van der Waals surface area contributed by atoms with Crippen molar-refractivity contribution in [2.75, 3.05) is 5.32 Å². The third-order valence-corrected chi connectivity index (χ3v) is 5.42. The Labute approximate surface area is 138 Å². The van der Waals surface area contributed by atoms with E-state index in [4.69, 9.17) is 11.6 Å². The fraction of sp³-hybridized carbons (Fsp3) is 0.222. The van der Waals surface area contributed by atoms with Gasteiger partial charge in [-0.05, 0) is 41.7 Å². The monoisotopic (exact) mass is 359 g/mol. The van der Waals surface area contributed by atoms with Gasteiger partial charge in [-0.25, -0.2) is 0 Å². The molecule has 4 rings (SSSR count). The molecule has 21 heavy (non-hydrogen) atoms. The standard InChI is InChI=1S/C18H15BrClN/c19-12-9-7-11(8-10-12)17-14-4-1-3-13(14)15-5-2-6-16(20)18(15)21-17/h1-3,5-10,13-14,17,21H,4H2/t13-,14+,17+/m0/s1. The molecule has 2 aromatic carbocycles. The topological polar surface area (TPSA) is 12.0 Å². The number of hydrogen-bond donors (Lipinski definition) is 1. The van der Waals surface area contributed by atoms with E-state index >= 15 is 0 Å².